The Morgan fingerprint density at radius 1 is 1.73 bits per heavy atom. The summed E-state index contributed by atoms with van der Waals surface area (Å²) in [4.78, 5) is 14.1. The molecular formula is C9H14FN3O2. The van der Waals surface area contributed by atoms with Crippen LogP contribution in [-0.2, 0) is 4.79 Å². The van der Waals surface area contributed by atoms with Crippen molar-refractivity contribution >= 4 is 18.0 Å². The minimum absolute atomic E-state index is 0.0518. The molecule has 1 unspecified atom stereocenters. The third kappa shape index (κ3) is 6.36. The van der Waals surface area contributed by atoms with Crippen LogP contribution in [0.4, 0.5) is 4.39 Å². The largest absolute Gasteiger partial charge is 0.481 e. The summed E-state index contributed by atoms with van der Waals surface area (Å²) in [5.41, 5.74) is 5.20. The number of hydrogen-bond donors (Lipinski definition) is 3. The zero-order valence-electron chi connectivity index (χ0n) is 8.40. The molecule has 84 valence electrons. The number of halogens is 1. The van der Waals surface area contributed by atoms with Gasteiger partial charge in [-0.3, -0.25) is 9.79 Å². The molecule has 0 aliphatic carbocycles. The van der Waals surface area contributed by atoms with E-state index in [9.17, 15) is 9.18 Å². The van der Waals surface area contributed by atoms with Gasteiger partial charge >= 0.3 is 5.97 Å². The number of carbonyl (C=O) groups is 1. The maximum atomic E-state index is 13.0. The molecule has 0 rings (SSSR count). The first kappa shape index (κ1) is 13.3. The van der Waals surface area contributed by atoms with E-state index in [0.29, 0.717) is 0 Å². The Balaban J connectivity index is 4.20. The van der Waals surface area contributed by atoms with Gasteiger partial charge in [0.2, 0.25) is 0 Å². The summed E-state index contributed by atoms with van der Waals surface area (Å²) in [5, 5.41) is 15.4. The van der Waals surface area contributed by atoms with Gasteiger partial charge in [0.15, 0.2) is 0 Å². The Labute approximate surface area is 87.0 Å². The zero-order chi connectivity index (χ0) is 11.8. The fraction of sp³-hybridized carbons (Fsp3) is 0.444. The lowest BCUT2D eigenvalue weighted by Gasteiger charge is -2.01. The van der Waals surface area contributed by atoms with Crippen molar-refractivity contribution in [1.29, 1.82) is 5.41 Å². The molecule has 0 saturated carbocycles. The van der Waals surface area contributed by atoms with E-state index >= 15 is 0 Å². The minimum Gasteiger partial charge on any atom is -0.481 e. The fourth-order valence-electron chi connectivity index (χ4n) is 0.760. The molecule has 0 spiro atoms. The molecule has 0 saturated heterocycles. The topological polar surface area (TPSA) is 99.5 Å². The summed E-state index contributed by atoms with van der Waals surface area (Å²) >= 11 is 0. The van der Waals surface area contributed by atoms with Gasteiger partial charge < -0.3 is 16.2 Å². The maximum Gasteiger partial charge on any atom is 0.312 e. The van der Waals surface area contributed by atoms with Crippen molar-refractivity contribution in [2.45, 2.75) is 13.3 Å². The molecule has 0 aromatic carbocycles. The van der Waals surface area contributed by atoms with E-state index < -0.39 is 17.7 Å². The number of hydrogen-bond acceptors (Lipinski definition) is 3. The van der Waals surface area contributed by atoms with Crippen LogP contribution in [0.3, 0.4) is 0 Å². The molecule has 1 atom stereocenters. The number of nitrogens with one attached hydrogen (secondary N) is 1. The molecule has 0 aromatic heterocycles. The van der Waals surface area contributed by atoms with Crippen molar-refractivity contribution in [2.24, 2.45) is 16.6 Å². The van der Waals surface area contributed by atoms with Gasteiger partial charge in [0, 0.05) is 6.21 Å². The fourth-order valence-corrected chi connectivity index (χ4v) is 0.760. The second-order valence-corrected chi connectivity index (χ2v) is 2.96. The van der Waals surface area contributed by atoms with Crippen LogP contribution >= 0.6 is 0 Å². The molecule has 0 heterocycles. The molecule has 0 bridgehead atoms. The van der Waals surface area contributed by atoms with Crippen LogP contribution in [0, 0.1) is 11.3 Å². The Bertz CT molecular complexity index is 296. The Kier molecular flexibility index (Phi) is 5.92. The van der Waals surface area contributed by atoms with E-state index in [0.717, 1.165) is 12.3 Å². The van der Waals surface area contributed by atoms with Gasteiger partial charge in [-0.1, -0.05) is 0 Å². The molecule has 15 heavy (non-hydrogen) atoms. The van der Waals surface area contributed by atoms with Gasteiger partial charge in [-0.05, 0) is 19.4 Å². The highest BCUT2D eigenvalue weighted by Gasteiger charge is 2.12. The van der Waals surface area contributed by atoms with Gasteiger partial charge in [0.05, 0.1) is 18.3 Å². The monoisotopic (exact) mass is 215 g/mol. The van der Waals surface area contributed by atoms with Crippen LogP contribution < -0.4 is 5.73 Å². The van der Waals surface area contributed by atoms with Crippen LogP contribution in [-0.4, -0.2) is 29.7 Å². The van der Waals surface area contributed by atoms with Crippen LogP contribution in [0.25, 0.3) is 0 Å². The summed E-state index contributed by atoms with van der Waals surface area (Å²) < 4.78 is 13.0. The smallest absolute Gasteiger partial charge is 0.312 e. The predicted octanol–water partition coefficient (Wildman–Crippen LogP) is 0.957. The lowest BCUT2D eigenvalue weighted by atomic mass is 10.1. The molecule has 4 N–H and O–H groups in total. The lowest BCUT2D eigenvalue weighted by molar-refractivity contribution is -0.139. The number of aliphatic carboxylic acids is 1. The Morgan fingerprint density at radius 2 is 2.33 bits per heavy atom. The third-order valence-electron chi connectivity index (χ3n) is 1.59. The molecule has 0 aliphatic heterocycles. The van der Waals surface area contributed by atoms with Crippen molar-refractivity contribution in [3.8, 4) is 0 Å². The maximum absolute atomic E-state index is 13.0. The van der Waals surface area contributed by atoms with Crippen molar-refractivity contribution in [3.05, 3.63) is 11.9 Å². The van der Waals surface area contributed by atoms with E-state index in [1.54, 1.807) is 0 Å². The number of rotatable bonds is 6. The highest BCUT2D eigenvalue weighted by atomic mass is 19.1. The van der Waals surface area contributed by atoms with Crippen LogP contribution in [0.1, 0.15) is 13.3 Å². The molecule has 0 radical (unpaired) electrons. The first-order valence-corrected chi connectivity index (χ1v) is 4.31. The van der Waals surface area contributed by atoms with Crippen molar-refractivity contribution < 1.29 is 14.3 Å². The average molecular weight is 215 g/mol. The molecule has 0 aliphatic rings. The average Bonchev–Trinajstić information content (AvgIpc) is 2.15. The molecule has 5 nitrogen and oxygen atoms in total. The van der Waals surface area contributed by atoms with Gasteiger partial charge in [-0.15, -0.1) is 0 Å². The van der Waals surface area contributed by atoms with Crippen LogP contribution in [0.5, 0.6) is 0 Å². The first-order valence-electron chi connectivity index (χ1n) is 4.31. The second kappa shape index (κ2) is 6.69. The van der Waals surface area contributed by atoms with Gasteiger partial charge in [0.1, 0.15) is 5.83 Å². The van der Waals surface area contributed by atoms with Crippen molar-refractivity contribution in [3.63, 3.8) is 0 Å². The summed E-state index contributed by atoms with van der Waals surface area (Å²) in [6, 6.07) is 0. The van der Waals surface area contributed by atoms with Crippen LogP contribution in [0.15, 0.2) is 16.9 Å². The molecule has 0 fully saturated rings. The summed E-state index contributed by atoms with van der Waals surface area (Å²) in [7, 11) is 0. The van der Waals surface area contributed by atoms with Crippen LogP contribution in [0.2, 0.25) is 0 Å². The summed E-state index contributed by atoms with van der Waals surface area (Å²) in [6.07, 6.45) is 1.82. The quantitative estimate of drug-likeness (QED) is 0.454. The highest BCUT2D eigenvalue weighted by Crippen LogP contribution is 2.06. The minimum atomic E-state index is -1.15. The molecular weight excluding hydrogens is 201 g/mol. The van der Waals surface area contributed by atoms with Gasteiger partial charge in [-0.25, -0.2) is 4.39 Å². The number of carboxylic acids is 1. The van der Waals surface area contributed by atoms with E-state index in [4.69, 9.17) is 16.2 Å². The number of nitrogens with two attached hydrogens (primary N) is 1. The SMILES string of the molecule is CC(N)=NC/C(F)=C/CC(C=N)C(=O)O. The van der Waals surface area contributed by atoms with Crippen molar-refractivity contribution in [1.82, 2.24) is 0 Å². The first-order chi connectivity index (χ1) is 6.97. The number of amidine groups is 1. The van der Waals surface area contributed by atoms with E-state index in [1.165, 1.54) is 6.92 Å². The van der Waals surface area contributed by atoms with E-state index in [-0.39, 0.29) is 18.8 Å². The molecule has 6 heteroatoms. The predicted molar refractivity (Wildman–Crippen MR) is 55.9 cm³/mol. The van der Waals surface area contributed by atoms with Gasteiger partial charge in [0.25, 0.3) is 0 Å². The molecule has 0 amide bonds. The van der Waals surface area contributed by atoms with E-state index in [2.05, 4.69) is 4.99 Å². The number of carboxylic acid groups (broad SMARTS) is 1. The summed E-state index contributed by atoms with van der Waals surface area (Å²) in [6.45, 7) is 1.34. The zero-order valence-corrected chi connectivity index (χ0v) is 8.40. The lowest BCUT2D eigenvalue weighted by Crippen LogP contribution is -2.13. The third-order valence-corrected chi connectivity index (χ3v) is 1.59. The highest BCUT2D eigenvalue weighted by molar-refractivity contribution is 5.87. The standard InChI is InChI=1S/C9H14FN3O2/c1-6(12)13-5-8(10)3-2-7(4-11)9(14)15/h3-4,7,11H,2,5H2,1H3,(H2,12,13)(H,14,15)/b8-3-,11-4?. The second-order valence-electron chi connectivity index (χ2n) is 2.96. The van der Waals surface area contributed by atoms with E-state index in [1.807, 2.05) is 0 Å². The van der Waals surface area contributed by atoms with Gasteiger partial charge in [-0.2, -0.15) is 0 Å². The number of aliphatic imine (C=N–C) groups is 1. The summed E-state index contributed by atoms with van der Waals surface area (Å²) in [5.74, 6) is -2.42. The number of nitrogens with zero attached hydrogens (tertiary/aromatic N) is 1. The molecule has 0 aromatic rings. The normalized spacial score (nSPS) is 14.8. The Morgan fingerprint density at radius 3 is 2.73 bits per heavy atom. The number of allylic oxidation sites excluding steroid dienone is 1. The Hall–Kier alpha value is -1.72. The van der Waals surface area contributed by atoms with Crippen molar-refractivity contribution in [2.75, 3.05) is 6.54 Å².